The first-order valence-electron chi connectivity index (χ1n) is 9.70. The highest BCUT2D eigenvalue weighted by Crippen LogP contribution is 2.27. The Morgan fingerprint density at radius 1 is 0.931 bits per heavy atom. The number of anilines is 2. The molecule has 3 aromatic carbocycles. The van der Waals surface area contributed by atoms with E-state index in [1.165, 1.54) is 11.1 Å². The molecule has 5 heteroatoms. The van der Waals surface area contributed by atoms with Crippen LogP contribution in [0, 0.1) is 0 Å². The first kappa shape index (κ1) is 18.9. The lowest BCUT2D eigenvalue weighted by molar-refractivity contribution is -0.118. The van der Waals surface area contributed by atoms with Crippen LogP contribution in [0.4, 0.5) is 11.4 Å². The smallest absolute Gasteiger partial charge is 0.262 e. The number of hydrogen-bond acceptors (Lipinski definition) is 4. The molecule has 0 radical (unpaired) electrons. The van der Waals surface area contributed by atoms with Gasteiger partial charge in [0.15, 0.2) is 18.1 Å². The monoisotopic (exact) mass is 388 g/mol. The average molecular weight is 388 g/mol. The third kappa shape index (κ3) is 4.51. The molecule has 0 unspecified atom stereocenters. The molecule has 5 nitrogen and oxygen atoms in total. The van der Waals surface area contributed by atoms with E-state index in [-0.39, 0.29) is 12.5 Å². The van der Waals surface area contributed by atoms with Gasteiger partial charge in [-0.3, -0.25) is 4.79 Å². The SMILES string of the molecule is COc1ccccc1OCC(=O)Nc1ccc(N2CCc3ccccc3C2)cc1. The van der Waals surface area contributed by atoms with E-state index in [0.29, 0.717) is 11.5 Å². The number of ether oxygens (including phenoxy) is 2. The van der Waals surface area contributed by atoms with Gasteiger partial charge in [0, 0.05) is 24.5 Å². The van der Waals surface area contributed by atoms with Gasteiger partial charge in [0.05, 0.1) is 7.11 Å². The highest BCUT2D eigenvalue weighted by Gasteiger charge is 2.16. The number of amides is 1. The Labute approximate surface area is 170 Å². The van der Waals surface area contributed by atoms with Crippen LogP contribution in [0.2, 0.25) is 0 Å². The summed E-state index contributed by atoms with van der Waals surface area (Å²) in [4.78, 5) is 14.6. The standard InChI is InChI=1S/C24H24N2O3/c1-28-22-8-4-5-9-23(22)29-17-24(27)25-20-10-12-21(13-11-20)26-15-14-18-6-2-3-7-19(18)16-26/h2-13H,14-17H2,1H3,(H,25,27). The highest BCUT2D eigenvalue weighted by atomic mass is 16.5. The maximum atomic E-state index is 12.2. The van der Waals surface area contributed by atoms with Crippen molar-refractivity contribution in [2.75, 3.05) is 30.5 Å². The van der Waals surface area contributed by atoms with Gasteiger partial charge >= 0.3 is 0 Å². The first-order chi connectivity index (χ1) is 14.2. The Bertz CT molecular complexity index is 985. The lowest BCUT2D eigenvalue weighted by Gasteiger charge is -2.30. The summed E-state index contributed by atoms with van der Waals surface area (Å²) in [5.41, 5.74) is 4.72. The van der Waals surface area contributed by atoms with Crippen LogP contribution in [-0.2, 0) is 17.8 Å². The summed E-state index contributed by atoms with van der Waals surface area (Å²) in [7, 11) is 1.57. The van der Waals surface area contributed by atoms with Crippen LogP contribution in [0.1, 0.15) is 11.1 Å². The fourth-order valence-electron chi connectivity index (χ4n) is 3.55. The number of hydrogen-bond donors (Lipinski definition) is 1. The number of carbonyl (C=O) groups is 1. The van der Waals surface area contributed by atoms with E-state index in [9.17, 15) is 4.79 Å². The number of benzene rings is 3. The van der Waals surface area contributed by atoms with Gasteiger partial charge in [-0.15, -0.1) is 0 Å². The van der Waals surface area contributed by atoms with Crippen LogP contribution in [0.5, 0.6) is 11.5 Å². The van der Waals surface area contributed by atoms with Crippen molar-refractivity contribution in [3.05, 3.63) is 83.9 Å². The van der Waals surface area contributed by atoms with E-state index in [4.69, 9.17) is 9.47 Å². The third-order valence-electron chi connectivity index (χ3n) is 5.07. The molecule has 29 heavy (non-hydrogen) atoms. The van der Waals surface area contributed by atoms with Crippen LogP contribution in [0.15, 0.2) is 72.8 Å². The first-order valence-corrected chi connectivity index (χ1v) is 9.70. The Balaban J connectivity index is 1.33. The van der Waals surface area contributed by atoms with E-state index >= 15 is 0 Å². The average Bonchev–Trinajstić information content (AvgIpc) is 2.78. The lowest BCUT2D eigenvalue weighted by atomic mass is 9.99. The van der Waals surface area contributed by atoms with Crippen molar-refractivity contribution < 1.29 is 14.3 Å². The number of methoxy groups -OCH3 is 1. The molecule has 1 N–H and O–H groups in total. The minimum absolute atomic E-state index is 0.0783. The van der Waals surface area contributed by atoms with Crippen LogP contribution >= 0.6 is 0 Å². The van der Waals surface area contributed by atoms with E-state index in [1.54, 1.807) is 19.2 Å². The Hall–Kier alpha value is -3.47. The van der Waals surface area contributed by atoms with Crippen molar-refractivity contribution in [3.63, 3.8) is 0 Å². The molecule has 1 aliphatic rings. The number of fused-ring (bicyclic) bond motifs is 1. The summed E-state index contributed by atoms with van der Waals surface area (Å²) >= 11 is 0. The molecule has 0 bridgehead atoms. The molecule has 0 aliphatic carbocycles. The number of carbonyl (C=O) groups excluding carboxylic acids is 1. The van der Waals surface area contributed by atoms with Crippen LogP contribution in [-0.4, -0.2) is 26.2 Å². The Morgan fingerprint density at radius 3 is 2.38 bits per heavy atom. The van der Waals surface area contributed by atoms with Gasteiger partial charge in [0.1, 0.15) is 0 Å². The van der Waals surface area contributed by atoms with Gasteiger partial charge in [-0.1, -0.05) is 36.4 Å². The van der Waals surface area contributed by atoms with Gasteiger partial charge in [-0.2, -0.15) is 0 Å². The molecular formula is C24H24N2O3. The van der Waals surface area contributed by atoms with E-state index in [1.807, 2.05) is 36.4 Å². The predicted molar refractivity (Wildman–Crippen MR) is 115 cm³/mol. The number of nitrogens with zero attached hydrogens (tertiary/aromatic N) is 1. The van der Waals surface area contributed by atoms with Gasteiger partial charge in [0.25, 0.3) is 5.91 Å². The summed E-state index contributed by atoms with van der Waals surface area (Å²) in [6.45, 7) is 1.83. The molecule has 1 heterocycles. The van der Waals surface area contributed by atoms with Crippen molar-refractivity contribution in [1.82, 2.24) is 0 Å². The zero-order valence-electron chi connectivity index (χ0n) is 16.4. The highest BCUT2D eigenvalue weighted by molar-refractivity contribution is 5.92. The van der Waals surface area contributed by atoms with Gasteiger partial charge in [-0.05, 0) is 53.9 Å². The molecule has 0 aromatic heterocycles. The van der Waals surface area contributed by atoms with Crippen molar-refractivity contribution in [2.24, 2.45) is 0 Å². The van der Waals surface area contributed by atoms with Gasteiger partial charge in [0.2, 0.25) is 0 Å². The normalized spacial score (nSPS) is 12.8. The minimum atomic E-state index is -0.212. The van der Waals surface area contributed by atoms with Crippen molar-refractivity contribution in [3.8, 4) is 11.5 Å². The summed E-state index contributed by atoms with van der Waals surface area (Å²) < 4.78 is 10.8. The lowest BCUT2D eigenvalue weighted by Crippen LogP contribution is -2.30. The number of nitrogens with one attached hydrogen (secondary N) is 1. The Kier molecular flexibility index (Phi) is 5.66. The maximum absolute atomic E-state index is 12.2. The van der Waals surface area contributed by atoms with E-state index in [0.717, 1.165) is 30.9 Å². The second kappa shape index (κ2) is 8.69. The van der Waals surface area contributed by atoms with E-state index < -0.39 is 0 Å². The van der Waals surface area contributed by atoms with Gasteiger partial charge in [-0.25, -0.2) is 0 Å². The molecule has 0 fully saturated rings. The van der Waals surface area contributed by atoms with Crippen molar-refractivity contribution in [1.29, 1.82) is 0 Å². The summed E-state index contributed by atoms with van der Waals surface area (Å²) in [6, 6.07) is 23.8. The van der Waals surface area contributed by atoms with Crippen LogP contribution in [0.25, 0.3) is 0 Å². The van der Waals surface area contributed by atoms with E-state index in [2.05, 4.69) is 34.5 Å². The molecule has 3 aromatic rings. The number of para-hydroxylation sites is 2. The van der Waals surface area contributed by atoms with Crippen LogP contribution in [0.3, 0.4) is 0 Å². The molecule has 0 saturated carbocycles. The molecule has 0 spiro atoms. The zero-order valence-corrected chi connectivity index (χ0v) is 16.4. The quantitative estimate of drug-likeness (QED) is 0.685. The second-order valence-corrected chi connectivity index (χ2v) is 6.97. The molecule has 148 valence electrons. The molecule has 1 amide bonds. The maximum Gasteiger partial charge on any atom is 0.262 e. The number of rotatable bonds is 6. The molecule has 1 aliphatic heterocycles. The summed E-state index contributed by atoms with van der Waals surface area (Å²) in [6.07, 6.45) is 1.05. The second-order valence-electron chi connectivity index (χ2n) is 6.97. The largest absolute Gasteiger partial charge is 0.493 e. The summed E-state index contributed by atoms with van der Waals surface area (Å²) in [5, 5.41) is 2.87. The van der Waals surface area contributed by atoms with Crippen LogP contribution < -0.4 is 19.7 Å². The van der Waals surface area contributed by atoms with Gasteiger partial charge < -0.3 is 19.7 Å². The topological polar surface area (TPSA) is 50.8 Å². The van der Waals surface area contributed by atoms with Crippen molar-refractivity contribution >= 4 is 17.3 Å². The third-order valence-corrected chi connectivity index (χ3v) is 5.07. The molecule has 4 rings (SSSR count). The van der Waals surface area contributed by atoms with Crippen molar-refractivity contribution in [2.45, 2.75) is 13.0 Å². The molecule has 0 atom stereocenters. The molecular weight excluding hydrogens is 364 g/mol. The fourth-order valence-corrected chi connectivity index (χ4v) is 3.55. The summed E-state index contributed by atoms with van der Waals surface area (Å²) in [5.74, 6) is 0.939. The zero-order chi connectivity index (χ0) is 20.1. The fraction of sp³-hybridized carbons (Fsp3) is 0.208. The molecule has 0 saturated heterocycles. The Morgan fingerprint density at radius 2 is 1.62 bits per heavy atom. The minimum Gasteiger partial charge on any atom is -0.493 e. The predicted octanol–water partition coefficient (Wildman–Crippen LogP) is 4.28.